The molecule has 134 valence electrons. The largest absolute Gasteiger partial charge is 0.495 e. The number of aromatic amines is 1. The van der Waals surface area contributed by atoms with E-state index in [2.05, 4.69) is 15.5 Å². The van der Waals surface area contributed by atoms with Crippen molar-refractivity contribution < 1.29 is 17.9 Å². The Labute approximate surface area is 150 Å². The second-order valence-electron chi connectivity index (χ2n) is 5.40. The van der Waals surface area contributed by atoms with Gasteiger partial charge in [0.25, 0.3) is 5.91 Å². The first-order chi connectivity index (χ1) is 12.4. The SMILES string of the molecule is COc1ccc(NC(=O)c2cc(-c3ccccc3)n[nH]2)cc1S(N)(=O)=O. The van der Waals surface area contributed by atoms with Crippen LogP contribution >= 0.6 is 0 Å². The molecule has 2 aromatic carbocycles. The molecule has 0 saturated heterocycles. The van der Waals surface area contributed by atoms with E-state index in [0.717, 1.165) is 5.56 Å². The summed E-state index contributed by atoms with van der Waals surface area (Å²) in [5.74, 6) is -0.372. The number of nitrogens with zero attached hydrogens (tertiary/aromatic N) is 1. The number of sulfonamides is 1. The zero-order valence-corrected chi connectivity index (χ0v) is 14.6. The average molecular weight is 372 g/mol. The number of nitrogens with one attached hydrogen (secondary N) is 2. The van der Waals surface area contributed by atoms with Gasteiger partial charge in [0.05, 0.1) is 12.8 Å². The minimum absolute atomic E-state index is 0.0957. The van der Waals surface area contributed by atoms with Crippen LogP contribution in [-0.2, 0) is 10.0 Å². The molecule has 0 bridgehead atoms. The number of amides is 1. The van der Waals surface area contributed by atoms with Crippen LogP contribution in [0.15, 0.2) is 59.5 Å². The standard InChI is InChI=1S/C17H16N4O4S/c1-25-15-8-7-12(9-16(15)26(18,23)24)19-17(22)14-10-13(20-21-14)11-5-3-2-4-6-11/h2-10H,1H3,(H,19,22)(H,20,21)(H2,18,23,24). The molecular weight excluding hydrogens is 356 g/mol. The predicted octanol–water partition coefficient (Wildman–Crippen LogP) is 1.98. The molecule has 0 saturated carbocycles. The third-order valence-electron chi connectivity index (χ3n) is 3.62. The molecule has 0 unspecified atom stereocenters. The number of nitrogens with two attached hydrogens (primary N) is 1. The summed E-state index contributed by atoms with van der Waals surface area (Å²) in [5, 5.41) is 14.5. The number of hydrogen-bond donors (Lipinski definition) is 3. The topological polar surface area (TPSA) is 127 Å². The van der Waals surface area contributed by atoms with Crippen molar-refractivity contribution in [2.75, 3.05) is 12.4 Å². The summed E-state index contributed by atoms with van der Waals surface area (Å²) >= 11 is 0. The number of anilines is 1. The van der Waals surface area contributed by atoms with Gasteiger partial charge in [-0.2, -0.15) is 5.10 Å². The number of ether oxygens (including phenoxy) is 1. The van der Waals surface area contributed by atoms with Crippen LogP contribution in [0.1, 0.15) is 10.5 Å². The molecule has 1 amide bonds. The highest BCUT2D eigenvalue weighted by Crippen LogP contribution is 2.26. The Morgan fingerprint density at radius 2 is 1.88 bits per heavy atom. The molecule has 3 rings (SSSR count). The first-order valence-electron chi connectivity index (χ1n) is 7.51. The summed E-state index contributed by atoms with van der Waals surface area (Å²) in [7, 11) is -2.67. The second-order valence-corrected chi connectivity index (χ2v) is 6.93. The molecule has 4 N–H and O–H groups in total. The van der Waals surface area contributed by atoms with Crippen molar-refractivity contribution in [1.82, 2.24) is 10.2 Å². The van der Waals surface area contributed by atoms with Crippen molar-refractivity contribution in [3.8, 4) is 17.0 Å². The van der Waals surface area contributed by atoms with Gasteiger partial charge >= 0.3 is 0 Å². The molecule has 0 fully saturated rings. The smallest absolute Gasteiger partial charge is 0.273 e. The quantitative estimate of drug-likeness (QED) is 0.631. The highest BCUT2D eigenvalue weighted by Gasteiger charge is 2.17. The van der Waals surface area contributed by atoms with E-state index in [-0.39, 0.29) is 22.0 Å². The molecule has 0 spiro atoms. The lowest BCUT2D eigenvalue weighted by Crippen LogP contribution is -2.16. The fraction of sp³-hybridized carbons (Fsp3) is 0.0588. The Morgan fingerprint density at radius 1 is 1.15 bits per heavy atom. The maximum atomic E-state index is 12.4. The predicted molar refractivity (Wildman–Crippen MR) is 96.3 cm³/mol. The van der Waals surface area contributed by atoms with Crippen molar-refractivity contribution >= 4 is 21.6 Å². The number of primary sulfonamides is 1. The van der Waals surface area contributed by atoms with Gasteiger partial charge in [-0.15, -0.1) is 0 Å². The van der Waals surface area contributed by atoms with Gasteiger partial charge in [-0.3, -0.25) is 9.89 Å². The summed E-state index contributed by atoms with van der Waals surface area (Å²) in [6.07, 6.45) is 0. The lowest BCUT2D eigenvalue weighted by molar-refractivity contribution is 0.102. The van der Waals surface area contributed by atoms with Crippen LogP contribution in [0.3, 0.4) is 0 Å². The van der Waals surface area contributed by atoms with Crippen LogP contribution in [0.5, 0.6) is 5.75 Å². The number of rotatable bonds is 5. The number of carbonyl (C=O) groups is 1. The van der Waals surface area contributed by atoms with Crippen LogP contribution in [0.25, 0.3) is 11.3 Å². The van der Waals surface area contributed by atoms with Gasteiger partial charge in [0.1, 0.15) is 16.3 Å². The maximum Gasteiger partial charge on any atom is 0.273 e. The van der Waals surface area contributed by atoms with Gasteiger partial charge in [0, 0.05) is 11.3 Å². The van der Waals surface area contributed by atoms with Gasteiger partial charge in [0.2, 0.25) is 10.0 Å². The average Bonchev–Trinajstić information content (AvgIpc) is 3.12. The molecule has 0 aliphatic rings. The molecule has 0 aliphatic heterocycles. The van der Waals surface area contributed by atoms with Gasteiger partial charge in [-0.05, 0) is 24.3 Å². The van der Waals surface area contributed by atoms with Crippen LogP contribution in [0.4, 0.5) is 5.69 Å². The Hall–Kier alpha value is -3.17. The molecule has 1 aromatic heterocycles. The summed E-state index contributed by atoms with van der Waals surface area (Å²) in [5.41, 5.74) is 1.98. The Kier molecular flexibility index (Phi) is 4.74. The molecule has 26 heavy (non-hydrogen) atoms. The molecule has 0 radical (unpaired) electrons. The highest BCUT2D eigenvalue weighted by atomic mass is 32.2. The number of benzene rings is 2. The van der Waals surface area contributed by atoms with Crippen molar-refractivity contribution in [2.45, 2.75) is 4.90 Å². The summed E-state index contributed by atoms with van der Waals surface area (Å²) in [4.78, 5) is 12.2. The van der Waals surface area contributed by atoms with Gasteiger partial charge < -0.3 is 10.1 Å². The van der Waals surface area contributed by atoms with E-state index in [1.54, 1.807) is 6.07 Å². The van der Waals surface area contributed by atoms with Crippen molar-refractivity contribution in [3.05, 3.63) is 60.3 Å². The molecule has 3 aromatic rings. The molecule has 9 heteroatoms. The lowest BCUT2D eigenvalue weighted by Gasteiger charge is -2.09. The summed E-state index contributed by atoms with van der Waals surface area (Å²) in [6, 6.07) is 15.1. The van der Waals surface area contributed by atoms with E-state index in [0.29, 0.717) is 5.69 Å². The van der Waals surface area contributed by atoms with E-state index in [1.807, 2.05) is 30.3 Å². The molecule has 8 nitrogen and oxygen atoms in total. The zero-order chi connectivity index (χ0) is 18.7. The minimum atomic E-state index is -4.00. The molecular formula is C17H16N4O4S. The Balaban J connectivity index is 1.84. The van der Waals surface area contributed by atoms with Crippen LogP contribution < -0.4 is 15.2 Å². The molecule has 1 heterocycles. The van der Waals surface area contributed by atoms with Gasteiger partial charge in [-0.1, -0.05) is 30.3 Å². The Morgan fingerprint density at radius 3 is 2.54 bits per heavy atom. The van der Waals surface area contributed by atoms with Gasteiger partial charge in [-0.25, -0.2) is 13.6 Å². The number of aromatic nitrogens is 2. The number of H-pyrrole nitrogens is 1. The second kappa shape index (κ2) is 6.98. The zero-order valence-electron chi connectivity index (χ0n) is 13.8. The van der Waals surface area contributed by atoms with E-state index in [4.69, 9.17) is 9.88 Å². The summed E-state index contributed by atoms with van der Waals surface area (Å²) < 4.78 is 28.3. The van der Waals surface area contributed by atoms with E-state index >= 15 is 0 Å². The van der Waals surface area contributed by atoms with Crippen molar-refractivity contribution in [2.24, 2.45) is 5.14 Å². The molecule has 0 atom stereocenters. The first kappa shape index (κ1) is 17.6. The fourth-order valence-electron chi connectivity index (χ4n) is 2.37. The third-order valence-corrected chi connectivity index (χ3v) is 4.55. The van der Waals surface area contributed by atoms with E-state index in [9.17, 15) is 13.2 Å². The summed E-state index contributed by atoms with van der Waals surface area (Å²) in [6.45, 7) is 0. The molecule has 0 aliphatic carbocycles. The van der Waals surface area contributed by atoms with Gasteiger partial charge in [0.15, 0.2) is 0 Å². The normalized spacial score (nSPS) is 11.2. The number of hydrogen-bond acceptors (Lipinski definition) is 5. The third kappa shape index (κ3) is 3.73. The Bertz CT molecular complexity index is 1050. The van der Waals surface area contributed by atoms with Crippen LogP contribution in [0.2, 0.25) is 0 Å². The number of methoxy groups -OCH3 is 1. The van der Waals surface area contributed by atoms with E-state index < -0.39 is 15.9 Å². The number of carbonyl (C=O) groups excluding carboxylic acids is 1. The van der Waals surface area contributed by atoms with E-state index in [1.165, 1.54) is 25.3 Å². The van der Waals surface area contributed by atoms with Crippen molar-refractivity contribution in [3.63, 3.8) is 0 Å². The van der Waals surface area contributed by atoms with Crippen LogP contribution in [0, 0.1) is 0 Å². The van der Waals surface area contributed by atoms with Crippen molar-refractivity contribution in [1.29, 1.82) is 0 Å². The fourth-order valence-corrected chi connectivity index (χ4v) is 3.09. The maximum absolute atomic E-state index is 12.4. The monoisotopic (exact) mass is 372 g/mol. The first-order valence-corrected chi connectivity index (χ1v) is 9.06. The van der Waals surface area contributed by atoms with Crippen LogP contribution in [-0.4, -0.2) is 31.6 Å². The lowest BCUT2D eigenvalue weighted by atomic mass is 10.1. The minimum Gasteiger partial charge on any atom is -0.495 e. The highest BCUT2D eigenvalue weighted by molar-refractivity contribution is 7.89.